The van der Waals surface area contributed by atoms with Crippen molar-refractivity contribution in [1.82, 2.24) is 9.55 Å². The van der Waals surface area contributed by atoms with Gasteiger partial charge in [0.15, 0.2) is 0 Å². The van der Waals surface area contributed by atoms with E-state index >= 15 is 0 Å². The van der Waals surface area contributed by atoms with Gasteiger partial charge in [-0.2, -0.15) is 0 Å². The quantitative estimate of drug-likeness (QED) is 0.147. The highest BCUT2D eigenvalue weighted by Crippen LogP contribution is 2.27. The third-order valence-electron chi connectivity index (χ3n) is 9.34. The minimum absolute atomic E-state index is 0.0521. The van der Waals surface area contributed by atoms with Crippen molar-refractivity contribution in [3.8, 4) is 0 Å². The predicted octanol–water partition coefficient (Wildman–Crippen LogP) is 9.44. The van der Waals surface area contributed by atoms with E-state index in [9.17, 15) is 9.18 Å². The monoisotopic (exact) mass is 688 g/mol. The molecule has 2 N–H and O–H groups in total. The molecule has 0 saturated carbocycles. The molecule has 0 saturated heterocycles. The molecular formula is C46H45FN4O. The fourth-order valence-electron chi connectivity index (χ4n) is 6.68. The predicted molar refractivity (Wildman–Crippen MR) is 213 cm³/mol. The lowest BCUT2D eigenvalue weighted by Crippen LogP contribution is -2.30. The van der Waals surface area contributed by atoms with Crippen LogP contribution in [0.25, 0.3) is 10.9 Å². The zero-order chi connectivity index (χ0) is 36.3. The van der Waals surface area contributed by atoms with Gasteiger partial charge in [0.2, 0.25) is 0 Å². The summed E-state index contributed by atoms with van der Waals surface area (Å²) < 4.78 is 15.3. The minimum atomic E-state index is -0.281. The highest BCUT2D eigenvalue weighted by atomic mass is 19.1. The molecule has 52 heavy (non-hydrogen) atoms. The average molecular weight is 689 g/mol. The Balaban J connectivity index is 0.000000242. The van der Waals surface area contributed by atoms with Gasteiger partial charge in [0.05, 0.1) is 10.9 Å². The molecule has 0 fully saturated rings. The first kappa shape index (κ1) is 36.0. The maximum absolute atomic E-state index is 14.0. The van der Waals surface area contributed by atoms with Crippen LogP contribution in [0.5, 0.6) is 0 Å². The lowest BCUT2D eigenvalue weighted by atomic mass is 9.98. The summed E-state index contributed by atoms with van der Waals surface area (Å²) in [5.41, 5.74) is 13.4. The summed E-state index contributed by atoms with van der Waals surface area (Å²) in [6.07, 6.45) is 3.32. The van der Waals surface area contributed by atoms with E-state index in [1.54, 1.807) is 12.1 Å². The van der Waals surface area contributed by atoms with Crippen molar-refractivity contribution in [2.24, 2.45) is 5.73 Å². The molecule has 5 nitrogen and oxygen atoms in total. The normalized spacial score (nSPS) is 11.0. The lowest BCUT2D eigenvalue weighted by molar-refractivity contribution is 0.466. The number of rotatable bonds is 11. The van der Waals surface area contributed by atoms with Gasteiger partial charge < -0.3 is 10.6 Å². The Bertz CT molecular complexity index is 2120. The number of fused-ring (bicyclic) bond motifs is 1. The number of nitrogens with two attached hydrogens (primary N) is 1. The van der Waals surface area contributed by atoms with Gasteiger partial charge in [-0.15, -0.1) is 0 Å². The number of aromatic nitrogens is 2. The molecule has 6 aromatic carbocycles. The van der Waals surface area contributed by atoms with E-state index < -0.39 is 0 Å². The molecule has 0 spiro atoms. The standard InChI is InChI=1S/C31H28FN3O.C15H17N/c1-22-33-30-18-17-27(34(2)26-15-13-25(32)14-16-26)21-29(30)31(36)35(22)28(19-23-9-5-3-6-10-23)20-24-11-7-4-8-12-24;16-15(11-13-7-3-1-4-8-13)12-14-9-5-2-6-10-14/h3-18,21,28H,19-20H2,1-2H3;1-10,15H,11-12,16H2. The number of nitrogens with zero attached hydrogens (tertiary/aromatic N) is 3. The van der Waals surface area contributed by atoms with Gasteiger partial charge in [0, 0.05) is 30.5 Å². The summed E-state index contributed by atoms with van der Waals surface area (Å²) in [6.45, 7) is 1.91. The Hall–Kier alpha value is -5.85. The second kappa shape index (κ2) is 17.4. The molecule has 6 heteroatoms. The summed E-state index contributed by atoms with van der Waals surface area (Å²) in [4.78, 5) is 20.7. The number of hydrogen-bond donors (Lipinski definition) is 1. The van der Waals surface area contributed by atoms with Crippen LogP contribution in [0.4, 0.5) is 15.8 Å². The molecule has 262 valence electrons. The fourth-order valence-corrected chi connectivity index (χ4v) is 6.68. The molecule has 0 radical (unpaired) electrons. The van der Waals surface area contributed by atoms with Crippen LogP contribution in [0, 0.1) is 12.7 Å². The molecule has 0 aliphatic heterocycles. The maximum Gasteiger partial charge on any atom is 0.261 e. The summed E-state index contributed by atoms with van der Waals surface area (Å²) in [6, 6.07) is 53.5. The van der Waals surface area contributed by atoms with E-state index in [0.717, 1.165) is 37.1 Å². The smallest absolute Gasteiger partial charge is 0.261 e. The Morgan fingerprint density at radius 1 is 0.615 bits per heavy atom. The van der Waals surface area contributed by atoms with Crippen molar-refractivity contribution in [2.75, 3.05) is 11.9 Å². The molecule has 0 bridgehead atoms. The Morgan fingerprint density at radius 2 is 1.04 bits per heavy atom. The van der Waals surface area contributed by atoms with Crippen LogP contribution < -0.4 is 16.2 Å². The summed E-state index contributed by atoms with van der Waals surface area (Å²) >= 11 is 0. The van der Waals surface area contributed by atoms with E-state index in [-0.39, 0.29) is 23.5 Å². The van der Waals surface area contributed by atoms with Crippen LogP contribution in [0.3, 0.4) is 0 Å². The highest BCUT2D eigenvalue weighted by molar-refractivity contribution is 5.83. The van der Waals surface area contributed by atoms with Crippen molar-refractivity contribution < 1.29 is 4.39 Å². The zero-order valence-corrected chi connectivity index (χ0v) is 29.8. The van der Waals surface area contributed by atoms with Gasteiger partial charge in [-0.05, 0) is 97.3 Å². The van der Waals surface area contributed by atoms with E-state index in [0.29, 0.717) is 16.7 Å². The third-order valence-corrected chi connectivity index (χ3v) is 9.34. The zero-order valence-electron chi connectivity index (χ0n) is 29.8. The van der Waals surface area contributed by atoms with Crippen molar-refractivity contribution in [3.63, 3.8) is 0 Å². The second-order valence-electron chi connectivity index (χ2n) is 13.2. The molecule has 7 aromatic rings. The molecule has 0 unspecified atom stereocenters. The molecule has 1 aromatic heterocycles. The third kappa shape index (κ3) is 9.47. The van der Waals surface area contributed by atoms with Crippen LogP contribution in [0.1, 0.15) is 34.1 Å². The van der Waals surface area contributed by atoms with Gasteiger partial charge in [-0.25, -0.2) is 9.37 Å². The van der Waals surface area contributed by atoms with Crippen LogP contribution in [-0.4, -0.2) is 22.6 Å². The number of aryl methyl sites for hydroxylation is 1. The lowest BCUT2D eigenvalue weighted by Gasteiger charge is -2.24. The van der Waals surface area contributed by atoms with Crippen molar-refractivity contribution in [1.29, 1.82) is 0 Å². The molecule has 0 aliphatic carbocycles. The van der Waals surface area contributed by atoms with Gasteiger partial charge in [0.1, 0.15) is 11.6 Å². The Labute approximate surface area is 305 Å². The van der Waals surface area contributed by atoms with Gasteiger partial charge in [-0.3, -0.25) is 9.36 Å². The molecule has 1 heterocycles. The maximum atomic E-state index is 14.0. The Morgan fingerprint density at radius 3 is 1.50 bits per heavy atom. The van der Waals surface area contributed by atoms with E-state index in [2.05, 4.69) is 72.8 Å². The first-order valence-electron chi connectivity index (χ1n) is 17.8. The average Bonchev–Trinajstić information content (AvgIpc) is 3.16. The van der Waals surface area contributed by atoms with E-state index in [1.165, 1.54) is 34.4 Å². The van der Waals surface area contributed by atoms with Gasteiger partial charge >= 0.3 is 0 Å². The summed E-state index contributed by atoms with van der Waals surface area (Å²) in [5, 5.41) is 0.568. The van der Waals surface area contributed by atoms with Crippen LogP contribution in [0.2, 0.25) is 0 Å². The molecule has 0 atom stereocenters. The molecule has 7 rings (SSSR count). The highest BCUT2D eigenvalue weighted by Gasteiger charge is 2.20. The Kier molecular flexibility index (Phi) is 12.0. The van der Waals surface area contributed by atoms with Gasteiger partial charge in [-0.1, -0.05) is 121 Å². The molecule has 0 amide bonds. The van der Waals surface area contributed by atoms with E-state index in [4.69, 9.17) is 10.7 Å². The molecule has 0 aliphatic rings. The van der Waals surface area contributed by atoms with Crippen LogP contribution in [-0.2, 0) is 25.7 Å². The number of halogens is 1. The number of hydrogen-bond acceptors (Lipinski definition) is 4. The molecular weight excluding hydrogens is 644 g/mol. The number of anilines is 2. The number of benzene rings is 6. The van der Waals surface area contributed by atoms with E-state index in [1.807, 2.05) is 90.2 Å². The first-order valence-corrected chi connectivity index (χ1v) is 17.8. The fraction of sp³-hybridized carbons (Fsp3) is 0.174. The second-order valence-corrected chi connectivity index (χ2v) is 13.2. The summed E-state index contributed by atoms with van der Waals surface area (Å²) in [5.74, 6) is 0.417. The van der Waals surface area contributed by atoms with Gasteiger partial charge in [0.25, 0.3) is 5.56 Å². The van der Waals surface area contributed by atoms with Crippen LogP contribution >= 0.6 is 0 Å². The van der Waals surface area contributed by atoms with Crippen molar-refractivity contribution in [2.45, 2.75) is 44.7 Å². The van der Waals surface area contributed by atoms with Crippen molar-refractivity contribution >= 4 is 22.3 Å². The first-order chi connectivity index (χ1) is 25.3. The minimum Gasteiger partial charge on any atom is -0.345 e. The largest absolute Gasteiger partial charge is 0.345 e. The van der Waals surface area contributed by atoms with Crippen molar-refractivity contribution in [3.05, 3.63) is 208 Å². The van der Waals surface area contributed by atoms with Crippen LogP contribution in [0.15, 0.2) is 169 Å². The SMILES string of the molecule is Cc1nc2ccc(N(C)c3ccc(F)cc3)cc2c(=O)n1C(Cc1ccccc1)Cc1ccccc1.NC(Cc1ccccc1)Cc1ccccc1. The summed E-state index contributed by atoms with van der Waals surface area (Å²) in [7, 11) is 1.90. The topological polar surface area (TPSA) is 64.2 Å².